The average Bonchev–Trinajstić information content (AvgIpc) is 3.45. The number of nitrogens with zero attached hydrogens (tertiary/aromatic N) is 4. The highest BCUT2D eigenvalue weighted by molar-refractivity contribution is 7.19. The third-order valence-corrected chi connectivity index (χ3v) is 7.53. The SMILES string of the molecule is COC/C=C/c1cn2nc3c4ncc(C(=O)NCCN5CCCC5(C)C)cc4[nH]c(=O)c3c2s1. The van der Waals surface area contributed by atoms with Gasteiger partial charge in [-0.2, -0.15) is 5.10 Å². The Morgan fingerprint density at radius 3 is 3.00 bits per heavy atom. The molecule has 0 radical (unpaired) electrons. The summed E-state index contributed by atoms with van der Waals surface area (Å²) in [5.41, 5.74) is 1.94. The maximum atomic E-state index is 12.9. The highest BCUT2D eigenvalue weighted by atomic mass is 32.1. The zero-order chi connectivity index (χ0) is 23.9. The molecular weight excluding hydrogens is 452 g/mol. The number of aromatic nitrogens is 4. The van der Waals surface area contributed by atoms with Gasteiger partial charge >= 0.3 is 0 Å². The van der Waals surface area contributed by atoms with Crippen LogP contribution in [0.2, 0.25) is 0 Å². The van der Waals surface area contributed by atoms with Gasteiger partial charge in [0.15, 0.2) is 0 Å². The molecule has 1 fully saturated rings. The molecule has 0 aliphatic carbocycles. The number of ether oxygens (including phenoxy) is 1. The average molecular weight is 481 g/mol. The van der Waals surface area contributed by atoms with E-state index >= 15 is 0 Å². The van der Waals surface area contributed by atoms with Crippen molar-refractivity contribution in [3.05, 3.63) is 45.3 Å². The number of carbonyl (C=O) groups excluding carboxylic acids is 1. The smallest absolute Gasteiger partial charge is 0.261 e. The Hall–Kier alpha value is -3.08. The predicted molar refractivity (Wildman–Crippen MR) is 135 cm³/mol. The van der Waals surface area contributed by atoms with Crippen LogP contribution in [-0.4, -0.2) is 69.3 Å². The largest absolute Gasteiger partial charge is 0.381 e. The number of hydrogen-bond acceptors (Lipinski definition) is 7. The van der Waals surface area contributed by atoms with Crippen molar-refractivity contribution in [2.75, 3.05) is 33.4 Å². The van der Waals surface area contributed by atoms with Crippen LogP contribution in [0.4, 0.5) is 0 Å². The van der Waals surface area contributed by atoms with Gasteiger partial charge in [0, 0.05) is 43.0 Å². The number of rotatable bonds is 7. The van der Waals surface area contributed by atoms with Gasteiger partial charge in [-0.3, -0.25) is 19.5 Å². The second-order valence-corrected chi connectivity index (χ2v) is 10.3. The summed E-state index contributed by atoms with van der Waals surface area (Å²) >= 11 is 1.48. The van der Waals surface area contributed by atoms with Crippen molar-refractivity contribution < 1.29 is 9.53 Å². The normalized spacial score (nSPS) is 16.4. The van der Waals surface area contributed by atoms with Crippen LogP contribution in [0, 0.1) is 0 Å². The zero-order valence-corrected chi connectivity index (χ0v) is 20.4. The lowest BCUT2D eigenvalue weighted by atomic mass is 10.0. The van der Waals surface area contributed by atoms with E-state index in [1.807, 2.05) is 18.3 Å². The number of amides is 1. The third kappa shape index (κ3) is 4.13. The van der Waals surface area contributed by atoms with Crippen LogP contribution >= 0.6 is 11.3 Å². The summed E-state index contributed by atoms with van der Waals surface area (Å²) in [4.78, 5) is 37.2. The van der Waals surface area contributed by atoms with Gasteiger partial charge < -0.3 is 15.0 Å². The van der Waals surface area contributed by atoms with E-state index < -0.39 is 0 Å². The Balaban J connectivity index is 1.39. The maximum Gasteiger partial charge on any atom is 0.261 e. The number of methoxy groups -OCH3 is 1. The molecule has 10 heteroatoms. The molecule has 1 amide bonds. The molecule has 9 nitrogen and oxygen atoms in total. The fourth-order valence-electron chi connectivity index (χ4n) is 4.61. The standard InChI is InChI=1S/C24H28N6O3S/c1-24(2)7-5-9-29(24)10-8-25-21(31)15-12-17-19(26-13-15)20-18(22(32)27-17)23-30(28-20)14-16(34-23)6-4-11-33-3/h4,6,12-14H,5,7-11H2,1-3H3,(H,25,31)(H,27,32)/b6-4+. The van der Waals surface area contributed by atoms with Gasteiger partial charge in [-0.15, -0.1) is 11.3 Å². The predicted octanol–water partition coefficient (Wildman–Crippen LogP) is 3.05. The van der Waals surface area contributed by atoms with Crippen molar-refractivity contribution in [3.63, 3.8) is 0 Å². The topological polar surface area (TPSA) is 105 Å². The van der Waals surface area contributed by atoms with Crippen LogP contribution in [0.5, 0.6) is 0 Å². The van der Waals surface area contributed by atoms with E-state index in [1.54, 1.807) is 23.9 Å². The van der Waals surface area contributed by atoms with Crippen molar-refractivity contribution in [1.29, 1.82) is 0 Å². The summed E-state index contributed by atoms with van der Waals surface area (Å²) in [5.74, 6) is -0.203. The first-order chi connectivity index (χ1) is 16.4. The Morgan fingerprint density at radius 1 is 1.38 bits per heavy atom. The maximum absolute atomic E-state index is 12.9. The molecule has 0 unspecified atom stereocenters. The van der Waals surface area contributed by atoms with Crippen LogP contribution in [0.15, 0.2) is 29.3 Å². The molecule has 4 aromatic heterocycles. The second-order valence-electron chi connectivity index (χ2n) is 9.20. The molecule has 1 aliphatic heterocycles. The first-order valence-electron chi connectivity index (χ1n) is 11.4. The fourth-order valence-corrected chi connectivity index (χ4v) is 5.63. The molecular formula is C24H28N6O3S. The molecule has 0 spiro atoms. The fraction of sp³-hybridized carbons (Fsp3) is 0.417. The summed E-state index contributed by atoms with van der Waals surface area (Å²) in [5, 5.41) is 8.09. The van der Waals surface area contributed by atoms with Crippen molar-refractivity contribution >= 4 is 50.1 Å². The van der Waals surface area contributed by atoms with Gasteiger partial charge in [-0.1, -0.05) is 6.08 Å². The Labute approximate surface area is 200 Å². The number of fused-ring (bicyclic) bond motifs is 5. The van der Waals surface area contributed by atoms with Crippen LogP contribution in [0.1, 0.15) is 41.9 Å². The number of H-pyrrole nitrogens is 1. The van der Waals surface area contributed by atoms with Crippen molar-refractivity contribution in [2.24, 2.45) is 0 Å². The Kier molecular flexibility index (Phi) is 5.97. The lowest BCUT2D eigenvalue weighted by Gasteiger charge is -2.31. The molecule has 1 aliphatic rings. The Bertz CT molecular complexity index is 1460. The molecule has 2 N–H and O–H groups in total. The molecule has 0 bridgehead atoms. The van der Waals surface area contributed by atoms with Crippen LogP contribution in [0.3, 0.4) is 0 Å². The van der Waals surface area contributed by atoms with Crippen molar-refractivity contribution in [3.8, 4) is 0 Å². The number of hydrogen-bond donors (Lipinski definition) is 2. The Morgan fingerprint density at radius 2 is 2.24 bits per heavy atom. The molecule has 5 heterocycles. The number of pyridine rings is 2. The first-order valence-corrected chi connectivity index (χ1v) is 12.2. The minimum Gasteiger partial charge on any atom is -0.381 e. The van der Waals surface area contributed by atoms with Gasteiger partial charge in [0.2, 0.25) is 0 Å². The van der Waals surface area contributed by atoms with Crippen LogP contribution in [0.25, 0.3) is 32.8 Å². The van der Waals surface area contributed by atoms with E-state index in [-0.39, 0.29) is 17.0 Å². The number of thiazole rings is 1. The quantitative estimate of drug-likeness (QED) is 0.421. The summed E-state index contributed by atoms with van der Waals surface area (Å²) in [6.07, 6.45) is 9.64. The van der Waals surface area contributed by atoms with Crippen molar-refractivity contribution in [2.45, 2.75) is 32.2 Å². The molecule has 0 saturated carbocycles. The minimum absolute atomic E-state index is 0.180. The van der Waals surface area contributed by atoms with Gasteiger partial charge in [0.25, 0.3) is 11.5 Å². The monoisotopic (exact) mass is 480 g/mol. The van der Waals surface area contributed by atoms with E-state index in [1.165, 1.54) is 24.2 Å². The molecule has 0 atom stereocenters. The van der Waals surface area contributed by atoms with E-state index in [9.17, 15) is 9.59 Å². The van der Waals surface area contributed by atoms with Crippen molar-refractivity contribution in [1.82, 2.24) is 29.8 Å². The minimum atomic E-state index is -0.248. The van der Waals surface area contributed by atoms with E-state index in [2.05, 4.69) is 39.1 Å². The summed E-state index contributed by atoms with van der Waals surface area (Å²) in [6.45, 7) is 7.43. The van der Waals surface area contributed by atoms with Gasteiger partial charge in [0.1, 0.15) is 21.3 Å². The number of carbonyl (C=O) groups is 1. The molecule has 0 aromatic carbocycles. The van der Waals surface area contributed by atoms with Crippen LogP contribution < -0.4 is 10.9 Å². The number of likely N-dealkylation sites (tertiary alicyclic amines) is 1. The van der Waals surface area contributed by atoms with Gasteiger partial charge in [-0.25, -0.2) is 4.52 Å². The van der Waals surface area contributed by atoms with E-state index in [4.69, 9.17) is 4.74 Å². The second kappa shape index (κ2) is 8.94. The van der Waals surface area contributed by atoms with Gasteiger partial charge in [0.05, 0.1) is 17.7 Å². The van der Waals surface area contributed by atoms with E-state index in [0.29, 0.717) is 40.7 Å². The van der Waals surface area contributed by atoms with E-state index in [0.717, 1.165) is 22.8 Å². The molecule has 34 heavy (non-hydrogen) atoms. The molecule has 5 rings (SSSR count). The molecule has 178 valence electrons. The summed E-state index contributed by atoms with van der Waals surface area (Å²) in [6, 6.07) is 1.67. The number of nitrogens with one attached hydrogen (secondary N) is 2. The summed E-state index contributed by atoms with van der Waals surface area (Å²) < 4.78 is 6.74. The zero-order valence-electron chi connectivity index (χ0n) is 19.6. The van der Waals surface area contributed by atoms with Gasteiger partial charge in [-0.05, 0) is 45.4 Å². The van der Waals surface area contributed by atoms with Crippen LogP contribution in [-0.2, 0) is 4.74 Å². The molecule has 1 saturated heterocycles. The summed E-state index contributed by atoms with van der Waals surface area (Å²) in [7, 11) is 1.64. The number of aromatic amines is 1. The highest BCUT2D eigenvalue weighted by Gasteiger charge is 2.31. The third-order valence-electron chi connectivity index (χ3n) is 6.46. The molecule has 4 aromatic rings. The lowest BCUT2D eigenvalue weighted by molar-refractivity contribution is 0.0940. The highest BCUT2D eigenvalue weighted by Crippen LogP contribution is 2.29. The lowest BCUT2D eigenvalue weighted by Crippen LogP contribution is -2.43. The first kappa shape index (κ1) is 22.7.